The van der Waals surface area contributed by atoms with Crippen molar-refractivity contribution in [3.63, 3.8) is 0 Å². The van der Waals surface area contributed by atoms with Crippen molar-refractivity contribution in [2.24, 2.45) is 0 Å². The molecule has 1 aliphatic heterocycles. The van der Waals surface area contributed by atoms with Crippen LogP contribution in [0.3, 0.4) is 0 Å². The molecule has 0 spiro atoms. The second-order valence-corrected chi connectivity index (χ2v) is 5.77. The molecule has 3 nitrogen and oxygen atoms in total. The van der Waals surface area contributed by atoms with Crippen molar-refractivity contribution < 1.29 is 18.1 Å². The van der Waals surface area contributed by atoms with Gasteiger partial charge in [0.2, 0.25) is 0 Å². The van der Waals surface area contributed by atoms with Crippen molar-refractivity contribution in [2.45, 2.75) is 45.3 Å². The highest BCUT2D eigenvalue weighted by Crippen LogP contribution is 2.37. The van der Waals surface area contributed by atoms with Crippen LogP contribution < -0.4 is 0 Å². The minimum absolute atomic E-state index is 0.235. The molecule has 0 unspecified atom stereocenters. The molecule has 0 N–H and O–H groups in total. The van der Waals surface area contributed by atoms with Crippen molar-refractivity contribution in [3.8, 4) is 0 Å². The van der Waals surface area contributed by atoms with E-state index in [-0.39, 0.29) is 5.69 Å². The zero-order valence-electron chi connectivity index (χ0n) is 12.1. The molecule has 2 rings (SSSR count). The van der Waals surface area contributed by atoms with Crippen LogP contribution in [-0.4, -0.2) is 23.3 Å². The Bertz CT molecular complexity index is 502. The molecule has 1 aromatic heterocycles. The van der Waals surface area contributed by atoms with Crippen LogP contribution in [0.15, 0.2) is 24.2 Å². The maximum Gasteiger partial charge on any atom is 0.487 e. The molecule has 0 aromatic carbocycles. The minimum atomic E-state index is -2.57. The number of halogens is 2. The second-order valence-electron chi connectivity index (χ2n) is 5.77. The molecule has 0 aliphatic carbocycles. The Labute approximate surface area is 118 Å². The summed E-state index contributed by atoms with van der Waals surface area (Å²) in [5.74, 6) is 1.69. The van der Waals surface area contributed by atoms with E-state index in [1.54, 1.807) is 24.2 Å². The summed E-state index contributed by atoms with van der Waals surface area (Å²) in [6, 6.07) is 4.52. The van der Waals surface area contributed by atoms with Crippen LogP contribution in [0.1, 0.15) is 45.5 Å². The van der Waals surface area contributed by atoms with Gasteiger partial charge < -0.3 is 9.31 Å². The summed E-state index contributed by atoms with van der Waals surface area (Å²) in [6.07, 6.45) is -0.936. The molecule has 0 saturated carbocycles. The predicted octanol–water partition coefficient (Wildman–Crippen LogP) is 3.66. The quantitative estimate of drug-likeness (QED) is 0.792. The highest BCUT2D eigenvalue weighted by atomic mass is 19.3. The number of pyridine rings is 1. The lowest BCUT2D eigenvalue weighted by Crippen LogP contribution is -2.41. The van der Waals surface area contributed by atoms with Crippen LogP contribution in [-0.2, 0) is 9.31 Å². The van der Waals surface area contributed by atoms with Crippen molar-refractivity contribution in [3.05, 3.63) is 35.6 Å². The normalized spacial score (nSPS) is 21.1. The zero-order chi connectivity index (χ0) is 15.0. The molecule has 0 bridgehead atoms. The molecule has 1 aliphatic rings. The first-order valence-corrected chi connectivity index (χ1v) is 6.50. The zero-order valence-corrected chi connectivity index (χ0v) is 12.1. The Kier molecular flexibility index (Phi) is 3.98. The standard InChI is InChI=1S/C14H18BF2NO2/c1-13(2)14(3,4)20-15(19-13)9-8-10-6-5-7-11(18-10)12(16)17/h5-9,12H,1-4H3/b9-8+. The number of hydrogen-bond acceptors (Lipinski definition) is 3. The van der Waals surface area contributed by atoms with Crippen molar-refractivity contribution in [1.29, 1.82) is 0 Å². The van der Waals surface area contributed by atoms with Crippen LogP contribution in [0.5, 0.6) is 0 Å². The van der Waals surface area contributed by atoms with Gasteiger partial charge in [-0.05, 0) is 45.9 Å². The first-order valence-electron chi connectivity index (χ1n) is 6.50. The van der Waals surface area contributed by atoms with Gasteiger partial charge in [0.15, 0.2) is 0 Å². The average molecular weight is 281 g/mol. The first-order chi connectivity index (χ1) is 9.21. The van der Waals surface area contributed by atoms with E-state index in [4.69, 9.17) is 9.31 Å². The second kappa shape index (κ2) is 5.26. The molecule has 1 saturated heterocycles. The summed E-state index contributed by atoms with van der Waals surface area (Å²) < 4.78 is 36.7. The largest absolute Gasteiger partial charge is 0.487 e. The molecule has 108 valence electrons. The maximum atomic E-state index is 12.6. The predicted molar refractivity (Wildman–Crippen MR) is 74.3 cm³/mol. The summed E-state index contributed by atoms with van der Waals surface area (Å²) in [7, 11) is -0.503. The fraction of sp³-hybridized carbons (Fsp3) is 0.500. The Morgan fingerprint density at radius 1 is 1.15 bits per heavy atom. The van der Waals surface area contributed by atoms with E-state index in [0.29, 0.717) is 5.69 Å². The van der Waals surface area contributed by atoms with E-state index in [2.05, 4.69) is 4.98 Å². The molecule has 1 fully saturated rings. The molecular weight excluding hydrogens is 263 g/mol. The fourth-order valence-electron chi connectivity index (χ4n) is 1.83. The van der Waals surface area contributed by atoms with Crippen molar-refractivity contribution in [2.75, 3.05) is 0 Å². The van der Waals surface area contributed by atoms with Crippen LogP contribution >= 0.6 is 0 Å². The summed E-state index contributed by atoms with van der Waals surface area (Å²) >= 11 is 0. The number of rotatable bonds is 3. The number of aromatic nitrogens is 1. The number of alkyl halides is 2. The van der Waals surface area contributed by atoms with E-state index in [1.807, 2.05) is 27.7 Å². The average Bonchev–Trinajstić information content (AvgIpc) is 2.56. The Morgan fingerprint density at radius 3 is 2.30 bits per heavy atom. The SMILES string of the molecule is CC1(C)OB(/C=C/c2cccc(C(F)F)n2)OC1(C)C. The molecule has 1 aromatic rings. The van der Waals surface area contributed by atoms with Gasteiger partial charge in [-0.1, -0.05) is 12.0 Å². The molecular formula is C14H18BF2NO2. The molecule has 0 radical (unpaired) electrons. The highest BCUT2D eigenvalue weighted by molar-refractivity contribution is 6.52. The maximum absolute atomic E-state index is 12.6. The van der Waals surface area contributed by atoms with Gasteiger partial charge in [0.05, 0.1) is 16.9 Å². The van der Waals surface area contributed by atoms with Crippen LogP contribution in [0.2, 0.25) is 0 Å². The van der Waals surface area contributed by atoms with E-state index in [0.717, 1.165) is 0 Å². The van der Waals surface area contributed by atoms with Gasteiger partial charge in [-0.2, -0.15) is 0 Å². The monoisotopic (exact) mass is 281 g/mol. The fourth-order valence-corrected chi connectivity index (χ4v) is 1.83. The molecule has 0 amide bonds. The topological polar surface area (TPSA) is 31.4 Å². The smallest absolute Gasteiger partial charge is 0.400 e. The third-order valence-corrected chi connectivity index (χ3v) is 3.71. The third kappa shape index (κ3) is 3.07. The van der Waals surface area contributed by atoms with Gasteiger partial charge in [0.25, 0.3) is 6.43 Å². The van der Waals surface area contributed by atoms with E-state index >= 15 is 0 Å². The molecule has 2 heterocycles. The number of hydrogen-bond donors (Lipinski definition) is 0. The van der Waals surface area contributed by atoms with Crippen LogP contribution in [0, 0.1) is 0 Å². The van der Waals surface area contributed by atoms with Gasteiger partial charge in [-0.25, -0.2) is 13.8 Å². The Morgan fingerprint density at radius 2 is 1.75 bits per heavy atom. The third-order valence-electron chi connectivity index (χ3n) is 3.71. The molecule has 6 heteroatoms. The molecule has 0 atom stereocenters. The lowest BCUT2D eigenvalue weighted by molar-refractivity contribution is 0.00578. The van der Waals surface area contributed by atoms with Gasteiger partial charge in [-0.15, -0.1) is 0 Å². The van der Waals surface area contributed by atoms with Crippen LogP contribution in [0.4, 0.5) is 8.78 Å². The summed E-state index contributed by atoms with van der Waals surface area (Å²) in [5.41, 5.74) is -0.612. The van der Waals surface area contributed by atoms with Crippen molar-refractivity contribution in [1.82, 2.24) is 4.98 Å². The first kappa shape index (κ1) is 15.1. The highest BCUT2D eigenvalue weighted by Gasteiger charge is 2.49. The summed E-state index contributed by atoms with van der Waals surface area (Å²) in [4.78, 5) is 3.86. The van der Waals surface area contributed by atoms with Gasteiger partial charge in [-0.3, -0.25) is 0 Å². The summed E-state index contributed by atoms with van der Waals surface area (Å²) in [6.45, 7) is 7.82. The van der Waals surface area contributed by atoms with E-state index in [9.17, 15) is 8.78 Å². The van der Waals surface area contributed by atoms with Gasteiger partial charge >= 0.3 is 7.12 Å². The van der Waals surface area contributed by atoms with E-state index < -0.39 is 24.7 Å². The molecule has 20 heavy (non-hydrogen) atoms. The lowest BCUT2D eigenvalue weighted by atomic mass is 9.89. The van der Waals surface area contributed by atoms with Crippen molar-refractivity contribution >= 4 is 13.2 Å². The minimum Gasteiger partial charge on any atom is -0.400 e. The lowest BCUT2D eigenvalue weighted by Gasteiger charge is -2.32. The Balaban J connectivity index is 2.10. The summed E-state index contributed by atoms with van der Waals surface area (Å²) in [5, 5.41) is 0. The van der Waals surface area contributed by atoms with E-state index in [1.165, 1.54) is 6.07 Å². The number of nitrogens with zero attached hydrogens (tertiary/aromatic N) is 1. The van der Waals surface area contributed by atoms with Crippen LogP contribution in [0.25, 0.3) is 6.08 Å². The van der Waals surface area contributed by atoms with Gasteiger partial charge in [0, 0.05) is 0 Å². The van der Waals surface area contributed by atoms with Gasteiger partial charge in [0.1, 0.15) is 5.69 Å². The Hall–Kier alpha value is -1.27.